The molecule has 17 heavy (non-hydrogen) atoms. The lowest BCUT2D eigenvalue weighted by atomic mass is 10.2. The van der Waals surface area contributed by atoms with E-state index in [1.54, 1.807) is 17.9 Å². The predicted molar refractivity (Wildman–Crippen MR) is 60.1 cm³/mol. The van der Waals surface area contributed by atoms with Gasteiger partial charge in [0.2, 0.25) is 0 Å². The van der Waals surface area contributed by atoms with Crippen LogP contribution in [0.15, 0.2) is 12.4 Å². The molecule has 0 saturated carbocycles. The van der Waals surface area contributed by atoms with Gasteiger partial charge in [0.25, 0.3) is 5.91 Å². The number of hydrogen-bond acceptors (Lipinski definition) is 4. The highest BCUT2D eigenvalue weighted by atomic mass is 16.2. The van der Waals surface area contributed by atoms with Crippen LogP contribution in [0.1, 0.15) is 21.7 Å². The van der Waals surface area contributed by atoms with Gasteiger partial charge in [0, 0.05) is 31.9 Å². The molecule has 0 aliphatic carbocycles. The number of rotatable bonds is 3. The van der Waals surface area contributed by atoms with Crippen LogP contribution in [-0.4, -0.2) is 30.7 Å². The van der Waals surface area contributed by atoms with Gasteiger partial charge >= 0.3 is 0 Å². The summed E-state index contributed by atoms with van der Waals surface area (Å²) in [5, 5.41) is 14.3. The summed E-state index contributed by atoms with van der Waals surface area (Å²) in [6.07, 6.45) is 3.18. The van der Waals surface area contributed by atoms with Gasteiger partial charge in [-0.25, -0.2) is 4.68 Å². The minimum atomic E-state index is -0.194. The summed E-state index contributed by atoms with van der Waals surface area (Å²) in [6.45, 7) is 2.41. The first-order valence-electron chi connectivity index (χ1n) is 5.20. The maximum absolute atomic E-state index is 11.8. The first-order valence-corrected chi connectivity index (χ1v) is 5.20. The molecule has 0 unspecified atom stereocenters. The van der Waals surface area contributed by atoms with Gasteiger partial charge in [-0.3, -0.25) is 9.48 Å². The molecule has 7 nitrogen and oxygen atoms in total. The molecule has 0 aliphatic rings. The molecule has 2 rings (SSSR count). The molecular weight excluding hydrogens is 220 g/mol. The zero-order valence-electron chi connectivity index (χ0n) is 10.0. The van der Waals surface area contributed by atoms with Crippen molar-refractivity contribution in [3.63, 3.8) is 0 Å². The number of carbonyl (C=O) groups is 1. The van der Waals surface area contributed by atoms with Crippen LogP contribution < -0.4 is 5.32 Å². The van der Waals surface area contributed by atoms with Crippen LogP contribution in [0.4, 0.5) is 0 Å². The van der Waals surface area contributed by atoms with Crippen molar-refractivity contribution in [2.75, 3.05) is 0 Å². The summed E-state index contributed by atoms with van der Waals surface area (Å²) >= 11 is 0. The van der Waals surface area contributed by atoms with Crippen molar-refractivity contribution in [1.29, 1.82) is 0 Å². The summed E-state index contributed by atoms with van der Waals surface area (Å²) < 4.78 is 3.21. The Bertz CT molecular complexity index is 541. The fourth-order valence-electron chi connectivity index (χ4n) is 1.48. The molecule has 7 heteroatoms. The van der Waals surface area contributed by atoms with Crippen molar-refractivity contribution in [3.05, 3.63) is 29.3 Å². The summed E-state index contributed by atoms with van der Waals surface area (Å²) in [5.74, 6) is -0.194. The number of nitrogens with one attached hydrogen (secondary N) is 1. The lowest BCUT2D eigenvalue weighted by molar-refractivity contribution is 0.0941. The Morgan fingerprint density at radius 1 is 1.35 bits per heavy atom. The quantitative estimate of drug-likeness (QED) is 0.797. The monoisotopic (exact) mass is 234 g/mol. The average molecular weight is 234 g/mol. The third-order valence-electron chi connectivity index (χ3n) is 2.72. The van der Waals surface area contributed by atoms with Crippen molar-refractivity contribution in [2.24, 2.45) is 14.1 Å². The molecule has 0 aromatic carbocycles. The number of carbonyl (C=O) groups excluding carboxylic acids is 1. The van der Waals surface area contributed by atoms with Crippen molar-refractivity contribution in [1.82, 2.24) is 30.1 Å². The molecule has 1 N–H and O–H groups in total. The smallest absolute Gasteiger partial charge is 0.271 e. The van der Waals surface area contributed by atoms with Crippen molar-refractivity contribution in [3.8, 4) is 0 Å². The highest BCUT2D eigenvalue weighted by Gasteiger charge is 2.11. The first kappa shape index (κ1) is 11.3. The first-order chi connectivity index (χ1) is 8.09. The van der Waals surface area contributed by atoms with Crippen LogP contribution in [0.5, 0.6) is 0 Å². The van der Waals surface area contributed by atoms with Crippen LogP contribution in [0.3, 0.4) is 0 Å². The van der Waals surface area contributed by atoms with Crippen LogP contribution >= 0.6 is 0 Å². The molecule has 0 radical (unpaired) electrons. The largest absolute Gasteiger partial charge is 0.346 e. The lowest BCUT2D eigenvalue weighted by Gasteiger charge is -2.04. The van der Waals surface area contributed by atoms with E-state index >= 15 is 0 Å². The Balaban J connectivity index is 2.02. The molecule has 0 fully saturated rings. The second-order valence-corrected chi connectivity index (χ2v) is 3.80. The Morgan fingerprint density at radius 2 is 2.12 bits per heavy atom. The number of aromatic nitrogens is 5. The van der Waals surface area contributed by atoms with Gasteiger partial charge in [0.05, 0.1) is 12.4 Å². The number of hydrogen-bond donors (Lipinski definition) is 1. The Labute approximate surface area is 98.4 Å². The molecule has 0 spiro atoms. The highest BCUT2D eigenvalue weighted by Crippen LogP contribution is 2.05. The molecule has 2 aromatic rings. The van der Waals surface area contributed by atoms with Crippen LogP contribution in [-0.2, 0) is 20.6 Å². The van der Waals surface area contributed by atoms with Gasteiger partial charge in [-0.1, -0.05) is 5.21 Å². The van der Waals surface area contributed by atoms with Gasteiger partial charge in [-0.15, -0.1) is 5.10 Å². The minimum absolute atomic E-state index is 0.194. The Morgan fingerprint density at radius 3 is 2.65 bits per heavy atom. The molecule has 0 bridgehead atoms. The van der Waals surface area contributed by atoms with Gasteiger partial charge < -0.3 is 5.32 Å². The molecule has 0 atom stereocenters. The normalized spacial score (nSPS) is 10.5. The molecule has 1 amide bonds. The van der Waals surface area contributed by atoms with Crippen LogP contribution in [0, 0.1) is 6.92 Å². The zero-order valence-corrected chi connectivity index (χ0v) is 10.0. The Kier molecular flexibility index (Phi) is 2.90. The van der Waals surface area contributed by atoms with Crippen molar-refractivity contribution in [2.45, 2.75) is 13.5 Å². The highest BCUT2D eigenvalue weighted by molar-refractivity contribution is 5.92. The van der Waals surface area contributed by atoms with E-state index in [0.717, 1.165) is 11.3 Å². The van der Waals surface area contributed by atoms with Crippen molar-refractivity contribution < 1.29 is 4.79 Å². The second kappa shape index (κ2) is 4.36. The van der Waals surface area contributed by atoms with E-state index < -0.39 is 0 Å². The number of amides is 1. The van der Waals surface area contributed by atoms with Gasteiger partial charge in [0.1, 0.15) is 5.69 Å². The fraction of sp³-hybridized carbons (Fsp3) is 0.400. The average Bonchev–Trinajstić information content (AvgIpc) is 2.85. The SMILES string of the molecule is Cc1c(CNC(=O)c2cnnn2C)cnn1C. The van der Waals surface area contributed by atoms with Crippen molar-refractivity contribution >= 4 is 5.91 Å². The fourth-order valence-corrected chi connectivity index (χ4v) is 1.48. The van der Waals surface area contributed by atoms with E-state index in [-0.39, 0.29) is 5.91 Å². The van der Waals surface area contributed by atoms with E-state index in [4.69, 9.17) is 0 Å². The van der Waals surface area contributed by atoms with Gasteiger partial charge in [0.15, 0.2) is 0 Å². The zero-order chi connectivity index (χ0) is 12.4. The molecule has 90 valence electrons. The van der Waals surface area contributed by atoms with Crippen LogP contribution in [0.2, 0.25) is 0 Å². The second-order valence-electron chi connectivity index (χ2n) is 3.80. The maximum atomic E-state index is 11.8. The van der Waals surface area contributed by atoms with E-state index in [2.05, 4.69) is 20.7 Å². The van der Waals surface area contributed by atoms with Crippen LogP contribution in [0.25, 0.3) is 0 Å². The minimum Gasteiger partial charge on any atom is -0.346 e. The number of aryl methyl sites for hydroxylation is 2. The summed E-state index contributed by atoms with van der Waals surface area (Å²) in [7, 11) is 3.54. The van der Waals surface area contributed by atoms with E-state index in [1.165, 1.54) is 10.9 Å². The molecule has 0 aliphatic heterocycles. The Hall–Kier alpha value is -2.18. The summed E-state index contributed by atoms with van der Waals surface area (Å²) in [6, 6.07) is 0. The van der Waals surface area contributed by atoms with E-state index in [1.807, 2.05) is 14.0 Å². The molecule has 2 aromatic heterocycles. The van der Waals surface area contributed by atoms with E-state index in [9.17, 15) is 4.79 Å². The molecule has 2 heterocycles. The maximum Gasteiger partial charge on any atom is 0.271 e. The molecule has 0 saturated heterocycles. The summed E-state index contributed by atoms with van der Waals surface area (Å²) in [5.41, 5.74) is 2.47. The van der Waals surface area contributed by atoms with Gasteiger partial charge in [-0.05, 0) is 6.92 Å². The summed E-state index contributed by atoms with van der Waals surface area (Å²) in [4.78, 5) is 11.8. The third kappa shape index (κ3) is 2.17. The third-order valence-corrected chi connectivity index (χ3v) is 2.72. The standard InChI is InChI=1S/C10H14N6O/c1-7-8(5-13-15(7)2)4-11-10(17)9-6-12-14-16(9)3/h5-6H,4H2,1-3H3,(H,11,17). The number of nitrogens with zero attached hydrogens (tertiary/aromatic N) is 5. The van der Waals surface area contributed by atoms with Gasteiger partial charge in [-0.2, -0.15) is 5.10 Å². The molecular formula is C10H14N6O. The lowest BCUT2D eigenvalue weighted by Crippen LogP contribution is -2.25. The van der Waals surface area contributed by atoms with E-state index in [0.29, 0.717) is 12.2 Å². The topological polar surface area (TPSA) is 77.6 Å². The predicted octanol–water partition coefficient (Wildman–Crippen LogP) is -0.213.